The van der Waals surface area contributed by atoms with Crippen LogP contribution in [0, 0.1) is 6.92 Å². The van der Waals surface area contributed by atoms with Gasteiger partial charge in [-0.1, -0.05) is 40.5 Å². The number of amides is 1. The number of carbonyl (C=O) groups excluding carboxylic acids is 1. The minimum absolute atomic E-state index is 0.111. The predicted molar refractivity (Wildman–Crippen MR) is 101 cm³/mol. The van der Waals surface area contributed by atoms with Crippen molar-refractivity contribution in [3.05, 3.63) is 83.2 Å². The first kappa shape index (κ1) is 17.9. The fourth-order valence-corrected chi connectivity index (χ4v) is 2.66. The number of rotatable bonds is 6. The van der Waals surface area contributed by atoms with E-state index in [1.165, 1.54) is 0 Å². The third kappa shape index (κ3) is 4.18. The zero-order valence-electron chi connectivity index (χ0n) is 14.4. The van der Waals surface area contributed by atoms with Crippen LogP contribution in [-0.4, -0.2) is 27.5 Å². The summed E-state index contributed by atoms with van der Waals surface area (Å²) in [5.74, 6) is 0.705. The average Bonchev–Trinajstić information content (AvgIpc) is 3.10. The Morgan fingerprint density at radius 2 is 2.04 bits per heavy atom. The Morgan fingerprint density at radius 3 is 2.73 bits per heavy atom. The Hall–Kier alpha value is -2.92. The molecular formula is C20H18ClN3O2. The highest BCUT2D eigenvalue weighted by Gasteiger charge is 2.18. The van der Waals surface area contributed by atoms with E-state index in [0.29, 0.717) is 28.8 Å². The van der Waals surface area contributed by atoms with Crippen LogP contribution < -0.4 is 0 Å². The summed E-state index contributed by atoms with van der Waals surface area (Å²) in [4.78, 5) is 18.8. The summed E-state index contributed by atoms with van der Waals surface area (Å²) >= 11 is 5.89. The van der Waals surface area contributed by atoms with E-state index < -0.39 is 0 Å². The van der Waals surface area contributed by atoms with Gasteiger partial charge in [0, 0.05) is 22.7 Å². The highest BCUT2D eigenvalue weighted by atomic mass is 35.5. The zero-order valence-corrected chi connectivity index (χ0v) is 15.1. The van der Waals surface area contributed by atoms with Crippen molar-refractivity contribution in [2.45, 2.75) is 13.5 Å². The van der Waals surface area contributed by atoms with Gasteiger partial charge in [-0.15, -0.1) is 6.58 Å². The molecule has 26 heavy (non-hydrogen) atoms. The molecule has 0 saturated carbocycles. The van der Waals surface area contributed by atoms with Crippen molar-refractivity contribution in [2.75, 3.05) is 6.54 Å². The molecule has 1 amide bonds. The second-order valence-electron chi connectivity index (χ2n) is 5.86. The number of aryl methyl sites for hydroxylation is 1. The lowest BCUT2D eigenvalue weighted by molar-refractivity contribution is 0.0745. The maximum atomic E-state index is 12.8. The van der Waals surface area contributed by atoms with Crippen molar-refractivity contribution in [3.63, 3.8) is 0 Å². The molecule has 0 bridgehead atoms. The molecule has 3 rings (SSSR count). The Bertz CT molecular complexity index is 919. The van der Waals surface area contributed by atoms with E-state index in [2.05, 4.69) is 16.7 Å². The number of benzene rings is 2. The van der Waals surface area contributed by atoms with Crippen LogP contribution >= 0.6 is 11.6 Å². The molecule has 0 unspecified atom stereocenters. The molecule has 2 aromatic carbocycles. The monoisotopic (exact) mass is 367 g/mol. The van der Waals surface area contributed by atoms with Crippen LogP contribution in [0.5, 0.6) is 0 Å². The van der Waals surface area contributed by atoms with Gasteiger partial charge < -0.3 is 9.42 Å². The Balaban J connectivity index is 1.79. The summed E-state index contributed by atoms with van der Waals surface area (Å²) in [6.45, 7) is 6.26. The molecule has 1 heterocycles. The first-order valence-electron chi connectivity index (χ1n) is 8.12. The molecule has 6 heteroatoms. The van der Waals surface area contributed by atoms with Crippen LogP contribution in [0.4, 0.5) is 0 Å². The van der Waals surface area contributed by atoms with Gasteiger partial charge in [-0.2, -0.15) is 4.98 Å². The van der Waals surface area contributed by atoms with Crippen molar-refractivity contribution in [2.24, 2.45) is 0 Å². The molecule has 0 aliphatic heterocycles. The van der Waals surface area contributed by atoms with E-state index in [1.54, 1.807) is 29.2 Å². The van der Waals surface area contributed by atoms with Gasteiger partial charge in [0.25, 0.3) is 5.91 Å². The lowest BCUT2D eigenvalue weighted by Crippen LogP contribution is -2.30. The number of nitrogens with zero attached hydrogens (tertiary/aromatic N) is 3. The third-order valence-corrected chi connectivity index (χ3v) is 4.05. The van der Waals surface area contributed by atoms with E-state index in [0.717, 1.165) is 11.1 Å². The molecule has 0 saturated heterocycles. The molecule has 0 fully saturated rings. The molecule has 0 atom stereocenters. The van der Waals surface area contributed by atoms with Gasteiger partial charge in [-0.05, 0) is 43.3 Å². The topological polar surface area (TPSA) is 59.2 Å². The highest BCUT2D eigenvalue weighted by molar-refractivity contribution is 6.30. The van der Waals surface area contributed by atoms with E-state index in [-0.39, 0.29) is 12.5 Å². The van der Waals surface area contributed by atoms with Gasteiger partial charge >= 0.3 is 0 Å². The first-order valence-corrected chi connectivity index (χ1v) is 8.50. The molecule has 0 radical (unpaired) electrons. The fraction of sp³-hybridized carbons (Fsp3) is 0.150. The lowest BCUT2D eigenvalue weighted by Gasteiger charge is -2.19. The molecule has 0 N–H and O–H groups in total. The van der Waals surface area contributed by atoms with Crippen LogP contribution in [0.1, 0.15) is 21.8 Å². The Labute approximate surface area is 156 Å². The average molecular weight is 368 g/mol. The van der Waals surface area contributed by atoms with Crippen LogP contribution in [0.2, 0.25) is 5.02 Å². The smallest absolute Gasteiger partial charge is 0.254 e. The summed E-state index contributed by atoms with van der Waals surface area (Å²) in [5.41, 5.74) is 2.44. The molecule has 0 spiro atoms. The largest absolute Gasteiger partial charge is 0.337 e. The second kappa shape index (κ2) is 7.97. The maximum Gasteiger partial charge on any atom is 0.254 e. The normalized spacial score (nSPS) is 10.5. The quantitative estimate of drug-likeness (QED) is 0.601. The van der Waals surface area contributed by atoms with Gasteiger partial charge in [0.05, 0.1) is 0 Å². The minimum Gasteiger partial charge on any atom is -0.337 e. The molecule has 3 aromatic rings. The molecule has 132 valence electrons. The summed E-state index contributed by atoms with van der Waals surface area (Å²) in [6.07, 6.45) is 1.67. The standard InChI is InChI=1S/C20H18ClN3O2/c1-3-11-24(20(25)16-6-4-5-14(2)12-16)13-18-22-19(23-26-18)15-7-9-17(21)10-8-15/h3-10,12H,1,11,13H2,2H3. The van der Waals surface area contributed by atoms with E-state index >= 15 is 0 Å². The van der Waals surface area contributed by atoms with Gasteiger partial charge in [-0.3, -0.25) is 4.79 Å². The molecular weight excluding hydrogens is 350 g/mol. The number of carbonyl (C=O) groups is 1. The van der Waals surface area contributed by atoms with Crippen molar-refractivity contribution < 1.29 is 9.32 Å². The molecule has 1 aromatic heterocycles. The van der Waals surface area contributed by atoms with Crippen molar-refractivity contribution in [1.29, 1.82) is 0 Å². The maximum absolute atomic E-state index is 12.8. The van der Waals surface area contributed by atoms with Crippen molar-refractivity contribution >= 4 is 17.5 Å². The number of hydrogen-bond acceptors (Lipinski definition) is 4. The van der Waals surface area contributed by atoms with Gasteiger partial charge in [0.15, 0.2) is 0 Å². The summed E-state index contributed by atoms with van der Waals surface area (Å²) < 4.78 is 5.31. The fourth-order valence-electron chi connectivity index (χ4n) is 2.53. The van der Waals surface area contributed by atoms with Gasteiger partial charge in [0.2, 0.25) is 11.7 Å². The number of hydrogen-bond donors (Lipinski definition) is 0. The highest BCUT2D eigenvalue weighted by Crippen LogP contribution is 2.19. The zero-order chi connectivity index (χ0) is 18.5. The minimum atomic E-state index is -0.111. The third-order valence-electron chi connectivity index (χ3n) is 3.80. The van der Waals surface area contributed by atoms with E-state index in [9.17, 15) is 4.79 Å². The van der Waals surface area contributed by atoms with Gasteiger partial charge in [-0.25, -0.2) is 0 Å². The van der Waals surface area contributed by atoms with Gasteiger partial charge in [0.1, 0.15) is 6.54 Å². The lowest BCUT2D eigenvalue weighted by atomic mass is 10.1. The summed E-state index contributed by atoms with van der Waals surface area (Å²) in [7, 11) is 0. The molecule has 0 aliphatic rings. The predicted octanol–water partition coefficient (Wildman–Crippen LogP) is 4.53. The Kier molecular flexibility index (Phi) is 5.49. The Morgan fingerprint density at radius 1 is 1.27 bits per heavy atom. The summed E-state index contributed by atoms with van der Waals surface area (Å²) in [6, 6.07) is 14.6. The molecule has 5 nitrogen and oxygen atoms in total. The SMILES string of the molecule is C=CCN(Cc1nc(-c2ccc(Cl)cc2)no1)C(=O)c1cccc(C)c1. The van der Waals surface area contributed by atoms with Crippen molar-refractivity contribution in [1.82, 2.24) is 15.0 Å². The molecule has 0 aliphatic carbocycles. The number of aromatic nitrogens is 2. The van der Waals surface area contributed by atoms with E-state index in [1.807, 2.05) is 37.3 Å². The van der Waals surface area contributed by atoms with Crippen LogP contribution in [0.3, 0.4) is 0 Å². The second-order valence-corrected chi connectivity index (χ2v) is 6.30. The first-order chi connectivity index (χ1) is 12.6. The van der Waals surface area contributed by atoms with E-state index in [4.69, 9.17) is 16.1 Å². The van der Waals surface area contributed by atoms with Crippen molar-refractivity contribution in [3.8, 4) is 11.4 Å². The van der Waals surface area contributed by atoms with Crippen LogP contribution in [0.25, 0.3) is 11.4 Å². The number of halogens is 1. The van der Waals surface area contributed by atoms with Crippen LogP contribution in [0.15, 0.2) is 65.7 Å². The summed E-state index contributed by atoms with van der Waals surface area (Å²) in [5, 5.41) is 4.62. The van der Waals surface area contributed by atoms with Crippen LogP contribution in [-0.2, 0) is 6.54 Å².